The van der Waals surface area contributed by atoms with Gasteiger partial charge in [-0.15, -0.1) is 0 Å². The molecule has 1 aliphatic rings. The molecule has 0 aliphatic carbocycles. The zero-order valence-corrected chi connectivity index (χ0v) is 15.6. The van der Waals surface area contributed by atoms with E-state index in [4.69, 9.17) is 9.47 Å². The Morgan fingerprint density at radius 3 is 2.81 bits per heavy atom. The fraction of sp³-hybridized carbons (Fsp3) is 0.333. The van der Waals surface area contributed by atoms with E-state index < -0.39 is 0 Å². The summed E-state index contributed by atoms with van der Waals surface area (Å²) in [6.45, 7) is 5.50. The summed E-state index contributed by atoms with van der Waals surface area (Å²) in [5.74, 6) is 0.314. The molecule has 1 saturated heterocycles. The molecule has 6 heteroatoms. The van der Waals surface area contributed by atoms with Crippen LogP contribution in [-0.4, -0.2) is 49.1 Å². The monoisotopic (exact) mass is 368 g/mol. The highest BCUT2D eigenvalue weighted by Gasteiger charge is 2.22. The molecule has 1 fully saturated rings. The highest BCUT2D eigenvalue weighted by molar-refractivity contribution is 5.97. The molecule has 0 bridgehead atoms. The van der Waals surface area contributed by atoms with Crippen LogP contribution < -0.4 is 10.1 Å². The lowest BCUT2D eigenvalue weighted by molar-refractivity contribution is -0.118. The van der Waals surface area contributed by atoms with Crippen LogP contribution in [0.4, 0.5) is 5.69 Å². The van der Waals surface area contributed by atoms with E-state index in [-0.39, 0.29) is 24.5 Å². The van der Waals surface area contributed by atoms with Crippen LogP contribution in [0.25, 0.3) is 0 Å². The summed E-state index contributed by atoms with van der Waals surface area (Å²) < 4.78 is 11.0. The summed E-state index contributed by atoms with van der Waals surface area (Å²) in [7, 11) is 0. The van der Waals surface area contributed by atoms with Crippen molar-refractivity contribution >= 4 is 17.5 Å². The van der Waals surface area contributed by atoms with Gasteiger partial charge in [0.2, 0.25) is 0 Å². The number of anilines is 1. The lowest BCUT2D eigenvalue weighted by atomic mass is 10.1. The smallest absolute Gasteiger partial charge is 0.262 e. The minimum Gasteiger partial charge on any atom is -0.484 e. The summed E-state index contributed by atoms with van der Waals surface area (Å²) in [5.41, 5.74) is 2.18. The fourth-order valence-corrected chi connectivity index (χ4v) is 2.97. The van der Waals surface area contributed by atoms with E-state index in [2.05, 4.69) is 5.32 Å². The van der Waals surface area contributed by atoms with Crippen LogP contribution >= 0.6 is 0 Å². The van der Waals surface area contributed by atoms with Crippen LogP contribution in [0.15, 0.2) is 48.5 Å². The summed E-state index contributed by atoms with van der Waals surface area (Å²) in [6.07, 6.45) is 0.0318. The minimum atomic E-state index is -0.277. The van der Waals surface area contributed by atoms with E-state index in [1.807, 2.05) is 38.1 Å². The predicted octanol–water partition coefficient (Wildman–Crippen LogP) is 2.87. The Bertz CT molecular complexity index is 821. The van der Waals surface area contributed by atoms with Gasteiger partial charge in [-0.2, -0.15) is 0 Å². The molecule has 1 N–H and O–H groups in total. The number of carbonyl (C=O) groups is 2. The maximum Gasteiger partial charge on any atom is 0.262 e. The van der Waals surface area contributed by atoms with Gasteiger partial charge in [-0.1, -0.05) is 18.2 Å². The number of nitrogens with one attached hydrogen (secondary N) is 1. The number of hydrogen-bond donors (Lipinski definition) is 1. The number of ether oxygens (including phenoxy) is 2. The average molecular weight is 368 g/mol. The number of nitrogens with zero attached hydrogens (tertiary/aromatic N) is 1. The molecular formula is C21H24N2O4. The predicted molar refractivity (Wildman–Crippen MR) is 103 cm³/mol. The van der Waals surface area contributed by atoms with E-state index in [0.29, 0.717) is 36.7 Å². The molecule has 2 aromatic rings. The van der Waals surface area contributed by atoms with Crippen molar-refractivity contribution < 1.29 is 19.1 Å². The zero-order chi connectivity index (χ0) is 19.2. The number of hydrogen-bond acceptors (Lipinski definition) is 4. The molecule has 0 spiro atoms. The van der Waals surface area contributed by atoms with Crippen molar-refractivity contribution in [3.63, 3.8) is 0 Å². The number of amides is 2. The molecular weight excluding hydrogens is 344 g/mol. The maximum absolute atomic E-state index is 12.7. The van der Waals surface area contributed by atoms with E-state index in [0.717, 1.165) is 5.56 Å². The molecule has 0 radical (unpaired) electrons. The summed E-state index contributed by atoms with van der Waals surface area (Å²) >= 11 is 0. The van der Waals surface area contributed by atoms with E-state index in [1.54, 1.807) is 29.2 Å². The van der Waals surface area contributed by atoms with Gasteiger partial charge in [0.25, 0.3) is 11.8 Å². The highest BCUT2D eigenvalue weighted by Crippen LogP contribution is 2.16. The first-order chi connectivity index (χ1) is 13.0. The first-order valence-electron chi connectivity index (χ1n) is 9.01. The van der Waals surface area contributed by atoms with Crippen molar-refractivity contribution in [3.8, 4) is 5.75 Å². The van der Waals surface area contributed by atoms with E-state index >= 15 is 0 Å². The maximum atomic E-state index is 12.7. The van der Waals surface area contributed by atoms with Gasteiger partial charge in [0, 0.05) is 24.3 Å². The molecule has 6 nitrogen and oxygen atoms in total. The van der Waals surface area contributed by atoms with E-state index in [1.165, 1.54) is 0 Å². The molecule has 3 rings (SSSR count). The average Bonchev–Trinajstić information content (AvgIpc) is 2.66. The van der Waals surface area contributed by atoms with Crippen LogP contribution in [-0.2, 0) is 9.53 Å². The van der Waals surface area contributed by atoms with Crippen molar-refractivity contribution in [2.75, 3.05) is 31.6 Å². The molecule has 1 unspecified atom stereocenters. The van der Waals surface area contributed by atoms with Gasteiger partial charge in [-0.3, -0.25) is 9.59 Å². The van der Waals surface area contributed by atoms with Gasteiger partial charge in [-0.25, -0.2) is 0 Å². The molecule has 1 atom stereocenters. The minimum absolute atomic E-state index is 0.0318. The van der Waals surface area contributed by atoms with Crippen LogP contribution in [0.1, 0.15) is 22.8 Å². The number of carbonyl (C=O) groups excluding carboxylic acids is 2. The molecule has 0 saturated carbocycles. The molecule has 2 aromatic carbocycles. The Labute approximate surface area is 159 Å². The molecule has 1 heterocycles. The third kappa shape index (κ3) is 5.31. The van der Waals surface area contributed by atoms with Crippen molar-refractivity contribution in [1.29, 1.82) is 0 Å². The van der Waals surface area contributed by atoms with Crippen molar-refractivity contribution in [3.05, 3.63) is 59.7 Å². The quantitative estimate of drug-likeness (QED) is 0.881. The van der Waals surface area contributed by atoms with Crippen molar-refractivity contribution in [1.82, 2.24) is 4.90 Å². The van der Waals surface area contributed by atoms with Crippen LogP contribution in [0, 0.1) is 6.92 Å². The van der Waals surface area contributed by atoms with Crippen molar-refractivity contribution in [2.45, 2.75) is 20.0 Å². The molecule has 142 valence electrons. The Morgan fingerprint density at radius 1 is 1.22 bits per heavy atom. The largest absolute Gasteiger partial charge is 0.484 e. The third-order valence-corrected chi connectivity index (χ3v) is 4.28. The van der Waals surface area contributed by atoms with Crippen molar-refractivity contribution in [2.24, 2.45) is 0 Å². The Hall–Kier alpha value is -2.86. The Kier molecular flexibility index (Phi) is 6.08. The fourth-order valence-electron chi connectivity index (χ4n) is 2.97. The SMILES string of the molecule is Cc1cccc(OCC(=O)Nc2cccc(C(=O)N3CCOC(C)C3)c2)c1. The second-order valence-corrected chi connectivity index (χ2v) is 6.67. The second kappa shape index (κ2) is 8.68. The lowest BCUT2D eigenvalue weighted by Crippen LogP contribution is -2.44. The molecule has 2 amide bonds. The summed E-state index contributed by atoms with van der Waals surface area (Å²) in [4.78, 5) is 26.6. The van der Waals surface area contributed by atoms with Gasteiger partial charge in [0.1, 0.15) is 5.75 Å². The first kappa shape index (κ1) is 18.9. The molecule has 27 heavy (non-hydrogen) atoms. The Balaban J connectivity index is 1.58. The van der Waals surface area contributed by atoms with Gasteiger partial charge in [0.05, 0.1) is 12.7 Å². The standard InChI is InChI=1S/C21H24N2O4/c1-15-5-3-8-19(11-15)27-14-20(24)22-18-7-4-6-17(12-18)21(25)23-9-10-26-16(2)13-23/h3-8,11-12,16H,9-10,13-14H2,1-2H3,(H,22,24). The normalized spacial score (nSPS) is 16.7. The summed E-state index contributed by atoms with van der Waals surface area (Å²) in [5, 5.41) is 2.77. The van der Waals surface area contributed by atoms with Gasteiger partial charge in [0.15, 0.2) is 6.61 Å². The number of rotatable bonds is 5. The number of aryl methyl sites for hydroxylation is 1. The number of morpholine rings is 1. The van der Waals surface area contributed by atoms with E-state index in [9.17, 15) is 9.59 Å². The Morgan fingerprint density at radius 2 is 2.04 bits per heavy atom. The highest BCUT2D eigenvalue weighted by atomic mass is 16.5. The summed E-state index contributed by atoms with van der Waals surface area (Å²) in [6, 6.07) is 14.5. The second-order valence-electron chi connectivity index (χ2n) is 6.67. The topological polar surface area (TPSA) is 67.9 Å². The van der Waals surface area contributed by atoms with Crippen LogP contribution in [0.5, 0.6) is 5.75 Å². The van der Waals surface area contributed by atoms with Gasteiger partial charge >= 0.3 is 0 Å². The first-order valence-corrected chi connectivity index (χ1v) is 9.01. The van der Waals surface area contributed by atoms with Crippen LogP contribution in [0.2, 0.25) is 0 Å². The zero-order valence-electron chi connectivity index (χ0n) is 15.6. The van der Waals surface area contributed by atoms with Crippen LogP contribution in [0.3, 0.4) is 0 Å². The third-order valence-electron chi connectivity index (χ3n) is 4.28. The molecule has 1 aliphatic heterocycles. The number of benzene rings is 2. The lowest BCUT2D eigenvalue weighted by Gasteiger charge is -2.31. The van der Waals surface area contributed by atoms with Gasteiger partial charge in [-0.05, 0) is 49.7 Å². The van der Waals surface area contributed by atoms with Gasteiger partial charge < -0.3 is 19.7 Å². The molecule has 0 aromatic heterocycles.